The summed E-state index contributed by atoms with van der Waals surface area (Å²) >= 11 is 0. The minimum absolute atomic E-state index is 0.0816. The van der Waals surface area contributed by atoms with Crippen LogP contribution >= 0.6 is 0 Å². The number of rotatable bonds is 6. The predicted octanol–water partition coefficient (Wildman–Crippen LogP) is 3.60. The van der Waals surface area contributed by atoms with Gasteiger partial charge in [0.2, 0.25) is 11.8 Å². The highest BCUT2D eigenvalue weighted by Crippen LogP contribution is 2.33. The molecule has 0 saturated heterocycles. The summed E-state index contributed by atoms with van der Waals surface area (Å²) in [5, 5.41) is 10.1. The molecule has 0 amide bonds. The summed E-state index contributed by atoms with van der Waals surface area (Å²) in [4.78, 5) is 21.3. The summed E-state index contributed by atoms with van der Waals surface area (Å²) in [6.07, 6.45) is 3.35. The van der Waals surface area contributed by atoms with Gasteiger partial charge in [-0.05, 0) is 61.6 Å². The highest BCUT2D eigenvalue weighted by atomic mass is 32.2. The topological polar surface area (TPSA) is 149 Å². The van der Waals surface area contributed by atoms with Gasteiger partial charge in [0.15, 0.2) is 0 Å². The zero-order chi connectivity index (χ0) is 27.9. The van der Waals surface area contributed by atoms with Crippen LogP contribution < -0.4 is 20.8 Å². The number of nitrogens with zero attached hydrogens (tertiary/aromatic N) is 3. The Kier molecular flexibility index (Phi) is 6.95. The maximum Gasteiger partial charge on any atom is 0.264 e. The highest BCUT2D eigenvalue weighted by Gasteiger charge is 2.25. The SMILES string of the molecule is COc1ncc(-c2ccc3nc(N)n(C4CCC(O)CC4)c(=O)c3c2)cc1NS(=O)(=O)c1ccc(F)cc1F. The van der Waals surface area contributed by atoms with E-state index in [-0.39, 0.29) is 29.1 Å². The van der Waals surface area contributed by atoms with Crippen LogP contribution in [0.4, 0.5) is 20.4 Å². The molecule has 0 aliphatic heterocycles. The second kappa shape index (κ2) is 10.2. The number of nitrogen functional groups attached to an aromatic ring is 1. The fourth-order valence-electron chi connectivity index (χ4n) is 4.80. The first-order valence-electron chi connectivity index (χ1n) is 12.1. The van der Waals surface area contributed by atoms with Crippen LogP contribution in [0.15, 0.2) is 58.4 Å². The van der Waals surface area contributed by atoms with Crippen molar-refractivity contribution in [2.45, 2.75) is 42.7 Å². The van der Waals surface area contributed by atoms with Crippen LogP contribution in [0.25, 0.3) is 22.0 Å². The number of halogens is 2. The number of aliphatic hydroxyl groups excluding tert-OH is 1. The fourth-order valence-corrected chi connectivity index (χ4v) is 5.91. The van der Waals surface area contributed by atoms with Crippen molar-refractivity contribution in [1.29, 1.82) is 0 Å². The molecule has 2 aromatic carbocycles. The Morgan fingerprint density at radius 2 is 1.82 bits per heavy atom. The summed E-state index contributed by atoms with van der Waals surface area (Å²) in [6, 6.07) is 8.28. The Morgan fingerprint density at radius 3 is 2.51 bits per heavy atom. The Bertz CT molecular complexity index is 1740. The summed E-state index contributed by atoms with van der Waals surface area (Å²) in [7, 11) is -3.18. The van der Waals surface area contributed by atoms with Gasteiger partial charge in [-0.25, -0.2) is 27.2 Å². The monoisotopic (exact) mass is 557 g/mol. The van der Waals surface area contributed by atoms with Crippen LogP contribution in [0, 0.1) is 11.6 Å². The van der Waals surface area contributed by atoms with E-state index in [1.165, 1.54) is 23.9 Å². The van der Waals surface area contributed by atoms with Gasteiger partial charge in [0, 0.05) is 23.9 Å². The second-order valence-corrected chi connectivity index (χ2v) is 11.0. The van der Waals surface area contributed by atoms with Crippen molar-refractivity contribution >= 4 is 32.6 Å². The van der Waals surface area contributed by atoms with E-state index in [4.69, 9.17) is 10.5 Å². The lowest BCUT2D eigenvalue weighted by molar-refractivity contribution is 0.110. The van der Waals surface area contributed by atoms with Crippen LogP contribution in [0.2, 0.25) is 0 Å². The van der Waals surface area contributed by atoms with Gasteiger partial charge in [-0.3, -0.25) is 14.1 Å². The molecule has 1 aliphatic carbocycles. The zero-order valence-electron chi connectivity index (χ0n) is 20.8. The van der Waals surface area contributed by atoms with E-state index in [1.54, 1.807) is 18.2 Å². The van der Waals surface area contributed by atoms with Crippen molar-refractivity contribution in [3.8, 4) is 17.0 Å². The van der Waals surface area contributed by atoms with Crippen LogP contribution in [-0.2, 0) is 10.0 Å². The maximum atomic E-state index is 14.2. The fraction of sp³-hybridized carbons (Fsp3) is 0.269. The number of nitrogens with two attached hydrogens (primary N) is 1. The zero-order valence-corrected chi connectivity index (χ0v) is 21.6. The van der Waals surface area contributed by atoms with Crippen molar-refractivity contribution in [1.82, 2.24) is 14.5 Å². The van der Waals surface area contributed by atoms with E-state index >= 15 is 0 Å². The van der Waals surface area contributed by atoms with E-state index in [9.17, 15) is 27.1 Å². The molecule has 1 aliphatic rings. The van der Waals surface area contributed by atoms with Crippen molar-refractivity contribution in [3.63, 3.8) is 0 Å². The Balaban J connectivity index is 1.55. The molecule has 39 heavy (non-hydrogen) atoms. The van der Waals surface area contributed by atoms with Gasteiger partial charge < -0.3 is 15.6 Å². The molecule has 204 valence electrons. The number of aromatic nitrogens is 3. The first-order valence-corrected chi connectivity index (χ1v) is 13.6. The molecule has 1 saturated carbocycles. The van der Waals surface area contributed by atoms with Crippen LogP contribution in [0.3, 0.4) is 0 Å². The van der Waals surface area contributed by atoms with Gasteiger partial charge in [0.05, 0.1) is 24.1 Å². The lowest BCUT2D eigenvalue weighted by Crippen LogP contribution is -2.31. The van der Waals surface area contributed by atoms with Gasteiger partial charge in [0.1, 0.15) is 22.2 Å². The molecule has 5 rings (SSSR count). The number of ether oxygens (including phenoxy) is 1. The number of nitrogens with one attached hydrogen (secondary N) is 1. The van der Waals surface area contributed by atoms with E-state index in [1.807, 2.05) is 0 Å². The van der Waals surface area contributed by atoms with Gasteiger partial charge in [-0.15, -0.1) is 0 Å². The number of anilines is 2. The molecule has 0 bridgehead atoms. The van der Waals surface area contributed by atoms with Crippen molar-refractivity contribution in [3.05, 3.63) is 70.6 Å². The average Bonchev–Trinajstić information content (AvgIpc) is 2.89. The number of aliphatic hydroxyl groups is 1. The largest absolute Gasteiger partial charge is 0.480 e. The van der Waals surface area contributed by atoms with E-state index in [0.717, 1.165) is 12.1 Å². The highest BCUT2D eigenvalue weighted by molar-refractivity contribution is 7.92. The Morgan fingerprint density at radius 1 is 1.08 bits per heavy atom. The third-order valence-electron chi connectivity index (χ3n) is 6.76. The van der Waals surface area contributed by atoms with Crippen LogP contribution in [-0.4, -0.2) is 41.3 Å². The van der Waals surface area contributed by atoms with Crippen molar-refractivity contribution < 1.29 is 27.0 Å². The minimum Gasteiger partial charge on any atom is -0.480 e. The third kappa shape index (κ3) is 5.14. The van der Waals surface area contributed by atoms with Gasteiger partial charge in [-0.1, -0.05) is 6.07 Å². The molecular weight excluding hydrogens is 532 g/mol. The smallest absolute Gasteiger partial charge is 0.264 e. The molecule has 0 unspecified atom stereocenters. The first-order chi connectivity index (χ1) is 18.6. The molecule has 13 heteroatoms. The second-order valence-electron chi connectivity index (χ2n) is 9.30. The normalized spacial score (nSPS) is 17.7. The summed E-state index contributed by atoms with van der Waals surface area (Å²) in [5.74, 6) is -2.16. The van der Waals surface area contributed by atoms with E-state index in [0.29, 0.717) is 53.8 Å². The molecule has 4 N–H and O–H groups in total. The summed E-state index contributed by atoms with van der Waals surface area (Å²) in [5.41, 5.74) is 7.07. The van der Waals surface area contributed by atoms with Gasteiger partial charge in [-0.2, -0.15) is 0 Å². The summed E-state index contributed by atoms with van der Waals surface area (Å²) in [6.45, 7) is 0. The van der Waals surface area contributed by atoms with Crippen molar-refractivity contribution in [2.75, 3.05) is 17.6 Å². The number of hydrogen-bond acceptors (Lipinski definition) is 8. The standard InChI is InChI=1S/C26H25F2N5O5S/c1-38-24-22(32-39(36,37)23-9-3-16(27)12-20(23)28)11-15(13-30-24)14-2-8-21-19(10-14)25(35)33(26(29)31-21)17-4-6-18(34)7-5-17/h2-3,8-13,17-18,32,34H,4-7H2,1H3,(H2,29,31). The lowest BCUT2D eigenvalue weighted by atomic mass is 9.93. The molecule has 0 spiro atoms. The molecular formula is C26H25F2N5O5S. The number of benzene rings is 2. The Labute approximate surface area is 222 Å². The Hall–Kier alpha value is -4.10. The first kappa shape index (κ1) is 26.5. The molecule has 0 radical (unpaired) electrons. The minimum atomic E-state index is -4.47. The molecule has 4 aromatic rings. The predicted molar refractivity (Wildman–Crippen MR) is 141 cm³/mol. The average molecular weight is 558 g/mol. The van der Waals surface area contributed by atoms with E-state index < -0.39 is 32.7 Å². The number of pyridine rings is 1. The van der Waals surface area contributed by atoms with E-state index in [2.05, 4.69) is 14.7 Å². The lowest BCUT2D eigenvalue weighted by Gasteiger charge is -2.28. The number of fused-ring (bicyclic) bond motifs is 1. The summed E-state index contributed by atoms with van der Waals surface area (Å²) < 4.78 is 62.1. The molecule has 2 aromatic heterocycles. The molecule has 1 fully saturated rings. The maximum absolute atomic E-state index is 14.2. The number of methoxy groups -OCH3 is 1. The molecule has 10 nitrogen and oxygen atoms in total. The van der Waals surface area contributed by atoms with Gasteiger partial charge >= 0.3 is 0 Å². The molecule has 2 heterocycles. The van der Waals surface area contributed by atoms with Crippen LogP contribution in [0.5, 0.6) is 5.88 Å². The number of sulfonamides is 1. The van der Waals surface area contributed by atoms with Crippen LogP contribution in [0.1, 0.15) is 31.7 Å². The quantitative estimate of drug-likeness (QED) is 0.326. The van der Waals surface area contributed by atoms with Gasteiger partial charge in [0.25, 0.3) is 15.6 Å². The third-order valence-corrected chi connectivity index (χ3v) is 8.16. The number of hydrogen-bond donors (Lipinski definition) is 3. The molecule has 0 atom stereocenters. The van der Waals surface area contributed by atoms with Crippen molar-refractivity contribution in [2.24, 2.45) is 0 Å².